The van der Waals surface area contributed by atoms with Crippen molar-refractivity contribution >= 4 is 17.6 Å². The van der Waals surface area contributed by atoms with Gasteiger partial charge in [0.1, 0.15) is 0 Å². The van der Waals surface area contributed by atoms with Crippen LogP contribution in [-0.4, -0.2) is 12.6 Å². The first-order valence-corrected chi connectivity index (χ1v) is 7.41. The Kier molecular flexibility index (Phi) is 4.73. The number of allylic oxidation sites excluding steroid dienone is 3. The Labute approximate surface area is 130 Å². The highest BCUT2D eigenvalue weighted by molar-refractivity contribution is 6.31. The van der Waals surface area contributed by atoms with Crippen molar-refractivity contribution in [3.8, 4) is 0 Å². The second-order valence-corrected chi connectivity index (χ2v) is 5.55. The van der Waals surface area contributed by atoms with Gasteiger partial charge < -0.3 is 10.1 Å². The lowest BCUT2D eigenvalue weighted by molar-refractivity contribution is -0.138. The van der Waals surface area contributed by atoms with E-state index in [-0.39, 0.29) is 11.9 Å². The molecular formula is C17H20ClNO2. The predicted octanol–water partition coefficient (Wildman–Crippen LogP) is 4.16. The molecule has 1 unspecified atom stereocenters. The minimum atomic E-state index is -0.292. The highest BCUT2D eigenvalue weighted by atomic mass is 35.5. The van der Waals surface area contributed by atoms with E-state index in [1.807, 2.05) is 52.0 Å². The van der Waals surface area contributed by atoms with Crippen LogP contribution < -0.4 is 5.32 Å². The Bertz CT molecular complexity index is 631. The fraction of sp³-hybridized carbons (Fsp3) is 0.353. The molecule has 1 aromatic carbocycles. The van der Waals surface area contributed by atoms with Gasteiger partial charge in [0, 0.05) is 22.3 Å². The van der Waals surface area contributed by atoms with Crippen LogP contribution in [0.2, 0.25) is 5.02 Å². The molecule has 1 atom stereocenters. The van der Waals surface area contributed by atoms with Crippen molar-refractivity contribution in [1.82, 2.24) is 5.32 Å². The first-order chi connectivity index (χ1) is 9.97. The largest absolute Gasteiger partial charge is 0.463 e. The molecule has 3 nitrogen and oxygen atoms in total. The maximum absolute atomic E-state index is 12.4. The molecule has 0 saturated heterocycles. The Balaban J connectivity index is 2.58. The Morgan fingerprint density at radius 1 is 1.24 bits per heavy atom. The molecule has 0 amide bonds. The third kappa shape index (κ3) is 2.98. The van der Waals surface area contributed by atoms with E-state index in [1.54, 1.807) is 0 Å². The molecular weight excluding hydrogens is 286 g/mol. The third-order valence-electron chi connectivity index (χ3n) is 3.80. The summed E-state index contributed by atoms with van der Waals surface area (Å²) >= 11 is 6.35. The first kappa shape index (κ1) is 15.6. The number of nitrogens with one attached hydrogen (secondary N) is 1. The van der Waals surface area contributed by atoms with Gasteiger partial charge >= 0.3 is 5.97 Å². The summed E-state index contributed by atoms with van der Waals surface area (Å²) in [4.78, 5) is 12.4. The lowest BCUT2D eigenvalue weighted by Gasteiger charge is -2.30. The van der Waals surface area contributed by atoms with Crippen molar-refractivity contribution in [1.29, 1.82) is 0 Å². The summed E-state index contributed by atoms with van der Waals surface area (Å²) in [6.45, 7) is 8.08. The van der Waals surface area contributed by atoms with E-state index < -0.39 is 0 Å². The van der Waals surface area contributed by atoms with Crippen LogP contribution >= 0.6 is 11.6 Å². The summed E-state index contributed by atoms with van der Waals surface area (Å²) in [6, 6.07) is 7.63. The highest BCUT2D eigenvalue weighted by Crippen LogP contribution is 2.40. The van der Waals surface area contributed by atoms with E-state index in [0.29, 0.717) is 17.2 Å². The summed E-state index contributed by atoms with van der Waals surface area (Å²) in [7, 11) is 0. The zero-order valence-corrected chi connectivity index (χ0v) is 13.5. The molecule has 1 aliphatic rings. The second-order valence-electron chi connectivity index (χ2n) is 5.15. The van der Waals surface area contributed by atoms with Crippen LogP contribution in [0.3, 0.4) is 0 Å². The number of benzene rings is 1. The monoisotopic (exact) mass is 305 g/mol. The summed E-state index contributed by atoms with van der Waals surface area (Å²) in [5, 5.41) is 3.91. The Morgan fingerprint density at radius 3 is 2.52 bits per heavy atom. The van der Waals surface area contributed by atoms with E-state index in [1.165, 1.54) is 0 Å². The van der Waals surface area contributed by atoms with Gasteiger partial charge in [-0.15, -0.1) is 0 Å². The average molecular weight is 306 g/mol. The number of esters is 1. The van der Waals surface area contributed by atoms with Crippen LogP contribution in [0.15, 0.2) is 46.8 Å². The molecule has 112 valence electrons. The van der Waals surface area contributed by atoms with E-state index in [2.05, 4.69) is 5.32 Å². The van der Waals surface area contributed by atoms with Gasteiger partial charge in [-0.25, -0.2) is 4.79 Å². The van der Waals surface area contributed by atoms with Gasteiger partial charge in [0.15, 0.2) is 0 Å². The summed E-state index contributed by atoms with van der Waals surface area (Å²) in [6.07, 6.45) is 0. The molecule has 0 fully saturated rings. The maximum Gasteiger partial charge on any atom is 0.336 e. The van der Waals surface area contributed by atoms with Crippen LogP contribution in [-0.2, 0) is 9.53 Å². The number of dihydropyridines is 1. The van der Waals surface area contributed by atoms with Crippen molar-refractivity contribution in [3.05, 3.63) is 57.4 Å². The minimum Gasteiger partial charge on any atom is -0.463 e. The smallest absolute Gasteiger partial charge is 0.336 e. The predicted molar refractivity (Wildman–Crippen MR) is 85.0 cm³/mol. The van der Waals surface area contributed by atoms with Gasteiger partial charge in [-0.3, -0.25) is 0 Å². The molecule has 1 aromatic rings. The van der Waals surface area contributed by atoms with E-state index in [0.717, 1.165) is 22.5 Å². The number of hydrogen-bond donors (Lipinski definition) is 1. The molecule has 2 rings (SSSR count). The molecule has 0 bridgehead atoms. The zero-order chi connectivity index (χ0) is 15.6. The lowest BCUT2D eigenvalue weighted by Crippen LogP contribution is -2.28. The van der Waals surface area contributed by atoms with E-state index in [9.17, 15) is 4.79 Å². The summed E-state index contributed by atoms with van der Waals surface area (Å²) < 4.78 is 5.22. The first-order valence-electron chi connectivity index (χ1n) is 7.04. The third-order valence-corrected chi connectivity index (χ3v) is 4.15. The van der Waals surface area contributed by atoms with Crippen molar-refractivity contribution < 1.29 is 9.53 Å². The lowest BCUT2D eigenvalue weighted by atomic mass is 9.81. The Morgan fingerprint density at radius 2 is 1.90 bits per heavy atom. The Hall–Kier alpha value is -1.74. The number of rotatable bonds is 3. The number of carbonyl (C=O) groups excluding carboxylic acids is 1. The molecule has 1 aliphatic heterocycles. The van der Waals surface area contributed by atoms with Crippen LogP contribution in [0.4, 0.5) is 0 Å². The fourth-order valence-electron chi connectivity index (χ4n) is 2.67. The molecule has 4 heteroatoms. The maximum atomic E-state index is 12.4. The highest BCUT2D eigenvalue weighted by Gasteiger charge is 2.32. The SMILES string of the molecule is CCOC(=O)C1=C(C)NC(C)=C(C)C1c1ccccc1Cl. The van der Waals surface area contributed by atoms with Gasteiger partial charge in [-0.05, 0) is 44.9 Å². The van der Waals surface area contributed by atoms with Crippen molar-refractivity contribution in [3.63, 3.8) is 0 Å². The topological polar surface area (TPSA) is 38.3 Å². The fourth-order valence-corrected chi connectivity index (χ4v) is 2.92. The van der Waals surface area contributed by atoms with Crippen LogP contribution in [0.1, 0.15) is 39.2 Å². The number of ether oxygens (including phenoxy) is 1. The number of halogens is 1. The van der Waals surface area contributed by atoms with Crippen LogP contribution in [0.5, 0.6) is 0 Å². The second kappa shape index (κ2) is 6.35. The molecule has 0 aliphatic carbocycles. The van der Waals surface area contributed by atoms with Crippen molar-refractivity contribution in [2.75, 3.05) is 6.61 Å². The number of carbonyl (C=O) groups is 1. The average Bonchev–Trinajstić information content (AvgIpc) is 2.43. The van der Waals surface area contributed by atoms with Gasteiger partial charge in [-0.2, -0.15) is 0 Å². The van der Waals surface area contributed by atoms with Gasteiger partial charge in [0.2, 0.25) is 0 Å². The van der Waals surface area contributed by atoms with Crippen LogP contribution in [0.25, 0.3) is 0 Å². The van der Waals surface area contributed by atoms with Crippen molar-refractivity contribution in [2.24, 2.45) is 0 Å². The number of hydrogen-bond acceptors (Lipinski definition) is 3. The summed E-state index contributed by atoms with van der Waals surface area (Å²) in [5.74, 6) is -0.460. The van der Waals surface area contributed by atoms with Gasteiger partial charge in [0.25, 0.3) is 0 Å². The molecule has 0 spiro atoms. The van der Waals surface area contributed by atoms with Crippen LogP contribution in [0, 0.1) is 0 Å². The van der Waals surface area contributed by atoms with E-state index in [4.69, 9.17) is 16.3 Å². The van der Waals surface area contributed by atoms with Gasteiger partial charge in [-0.1, -0.05) is 29.8 Å². The van der Waals surface area contributed by atoms with Crippen molar-refractivity contribution in [2.45, 2.75) is 33.6 Å². The molecule has 0 aromatic heterocycles. The standard InChI is InChI=1S/C17H20ClNO2/c1-5-21-17(20)16-12(4)19-11(3)10(2)15(16)13-8-6-7-9-14(13)18/h6-9,15,19H,5H2,1-4H3. The van der Waals surface area contributed by atoms with E-state index >= 15 is 0 Å². The molecule has 0 radical (unpaired) electrons. The zero-order valence-electron chi connectivity index (χ0n) is 12.8. The molecule has 1 N–H and O–H groups in total. The molecule has 21 heavy (non-hydrogen) atoms. The molecule has 0 saturated carbocycles. The van der Waals surface area contributed by atoms with Gasteiger partial charge in [0.05, 0.1) is 12.2 Å². The quantitative estimate of drug-likeness (QED) is 0.852. The minimum absolute atomic E-state index is 0.168. The normalized spacial score (nSPS) is 18.6. The molecule has 1 heterocycles. The summed E-state index contributed by atoms with van der Waals surface area (Å²) in [5.41, 5.74) is 4.51.